The highest BCUT2D eigenvalue weighted by atomic mass is 16.8. The Kier molecular flexibility index (Phi) is 9.18. The zero-order valence-corrected chi connectivity index (χ0v) is 17.8. The van der Waals surface area contributed by atoms with Crippen molar-refractivity contribution < 1.29 is 79.9 Å². The van der Waals surface area contributed by atoms with Crippen LogP contribution in [0.2, 0.25) is 0 Å². The van der Waals surface area contributed by atoms with Crippen LogP contribution in [-0.2, 0) is 23.7 Å². The summed E-state index contributed by atoms with van der Waals surface area (Å²) in [5.74, 6) is -2.36. The van der Waals surface area contributed by atoms with Gasteiger partial charge in [0, 0.05) is 0 Å². The van der Waals surface area contributed by atoms with Crippen molar-refractivity contribution in [1.29, 1.82) is 0 Å². The quantitative estimate of drug-likeness (QED) is 0.146. The fraction of sp³-hybridized carbons (Fsp3) is 1.00. The maximum atomic E-state index is 10.3. The predicted octanol–water partition coefficient (Wildman–Crippen LogP) is -7.57. The molecule has 0 aromatic heterocycles. The van der Waals surface area contributed by atoms with Gasteiger partial charge < -0.3 is 79.9 Å². The summed E-state index contributed by atoms with van der Waals surface area (Å²) < 4.78 is 26.4. The van der Waals surface area contributed by atoms with Crippen molar-refractivity contribution in [3.05, 3.63) is 0 Å². The smallest absolute Gasteiger partial charge is 0.224 e. The number of aliphatic hydroxyl groups excluding tert-OH is 11. The summed E-state index contributed by atoms with van der Waals surface area (Å²) in [6.45, 7) is -3.14. The first kappa shape index (κ1) is 27.9. The normalized spacial score (nSPS) is 52.1. The lowest BCUT2D eigenvalue weighted by Gasteiger charge is -2.44. The third-order valence-corrected chi connectivity index (χ3v) is 6.16. The van der Waals surface area contributed by atoms with E-state index in [4.69, 9.17) is 23.7 Å². The SMILES string of the molecule is OCC1O[C@@H](OCC2O[C@@H](O[C@]3(CO)O[C@@H](CO)C(O)C3O)C(O)[C@@H](O)[C@H]2O)C(O)[C@@H](O)[C@H]1O. The van der Waals surface area contributed by atoms with Crippen molar-refractivity contribution in [2.24, 2.45) is 0 Å². The maximum absolute atomic E-state index is 10.3. The average Bonchev–Trinajstić information content (AvgIpc) is 3.08. The zero-order valence-electron chi connectivity index (χ0n) is 17.8. The summed E-state index contributed by atoms with van der Waals surface area (Å²) in [7, 11) is 0. The second-order valence-corrected chi connectivity index (χ2v) is 8.41. The molecule has 0 radical (unpaired) electrons. The van der Waals surface area contributed by atoms with E-state index in [1.54, 1.807) is 0 Å². The second kappa shape index (κ2) is 11.2. The Hall–Kier alpha value is -0.640. The number of aliphatic hydroxyl groups is 11. The van der Waals surface area contributed by atoms with Crippen LogP contribution in [0.4, 0.5) is 0 Å². The molecule has 16 heteroatoms. The highest BCUT2D eigenvalue weighted by Crippen LogP contribution is 2.36. The van der Waals surface area contributed by atoms with Crippen LogP contribution in [-0.4, -0.2) is 168 Å². The summed E-state index contributed by atoms with van der Waals surface area (Å²) in [6.07, 6.45) is -21.8. The Morgan fingerprint density at radius 1 is 0.588 bits per heavy atom. The Labute approximate surface area is 192 Å². The van der Waals surface area contributed by atoms with Crippen LogP contribution in [0.5, 0.6) is 0 Å². The first-order valence-corrected chi connectivity index (χ1v) is 10.6. The van der Waals surface area contributed by atoms with E-state index in [1.165, 1.54) is 0 Å². The number of hydrogen-bond acceptors (Lipinski definition) is 16. The Morgan fingerprint density at radius 3 is 1.65 bits per heavy atom. The van der Waals surface area contributed by atoms with Gasteiger partial charge in [0.15, 0.2) is 12.6 Å². The highest BCUT2D eigenvalue weighted by Gasteiger charge is 2.58. The molecule has 3 saturated heterocycles. The predicted molar refractivity (Wildman–Crippen MR) is 101 cm³/mol. The van der Waals surface area contributed by atoms with E-state index in [0.717, 1.165) is 0 Å². The number of hydrogen-bond donors (Lipinski definition) is 11. The van der Waals surface area contributed by atoms with Crippen molar-refractivity contribution in [2.75, 3.05) is 26.4 Å². The van der Waals surface area contributed by atoms with Crippen molar-refractivity contribution >= 4 is 0 Å². The minimum atomic E-state index is -2.36. The molecule has 0 bridgehead atoms. The molecule has 200 valence electrons. The molecule has 0 aliphatic carbocycles. The lowest BCUT2D eigenvalue weighted by molar-refractivity contribution is -0.388. The van der Waals surface area contributed by atoms with Gasteiger partial charge in [0.05, 0.1) is 19.8 Å². The van der Waals surface area contributed by atoms with E-state index in [9.17, 15) is 56.2 Å². The first-order chi connectivity index (χ1) is 16.0. The van der Waals surface area contributed by atoms with Crippen LogP contribution in [0, 0.1) is 0 Å². The molecule has 0 saturated carbocycles. The van der Waals surface area contributed by atoms with E-state index in [2.05, 4.69) is 0 Å². The number of rotatable bonds is 8. The minimum absolute atomic E-state index is 0.634. The fourth-order valence-corrected chi connectivity index (χ4v) is 4.01. The molecule has 0 aromatic carbocycles. The molecule has 3 rings (SSSR count). The Balaban J connectivity index is 1.69. The molecular weight excluding hydrogens is 472 g/mol. The maximum Gasteiger partial charge on any atom is 0.224 e. The first-order valence-electron chi connectivity index (χ1n) is 10.6. The number of ether oxygens (including phenoxy) is 5. The highest BCUT2D eigenvalue weighted by molar-refractivity contribution is 4.98. The molecule has 34 heavy (non-hydrogen) atoms. The van der Waals surface area contributed by atoms with Gasteiger partial charge in [0.1, 0.15) is 73.8 Å². The van der Waals surface area contributed by atoms with Crippen molar-refractivity contribution in [2.45, 2.75) is 85.5 Å². The van der Waals surface area contributed by atoms with Crippen molar-refractivity contribution in [3.8, 4) is 0 Å². The van der Waals surface area contributed by atoms with Crippen LogP contribution in [0.25, 0.3) is 0 Å². The van der Waals surface area contributed by atoms with Crippen LogP contribution in [0.15, 0.2) is 0 Å². The molecule has 6 unspecified atom stereocenters. The van der Waals surface area contributed by atoms with Crippen molar-refractivity contribution in [3.63, 3.8) is 0 Å². The van der Waals surface area contributed by atoms with E-state index in [-0.39, 0.29) is 0 Å². The lowest BCUT2D eigenvalue weighted by Crippen LogP contribution is -2.63. The van der Waals surface area contributed by atoms with Gasteiger partial charge in [-0.05, 0) is 0 Å². The molecular formula is C18H32O16. The van der Waals surface area contributed by atoms with Gasteiger partial charge in [-0.2, -0.15) is 0 Å². The summed E-state index contributed by atoms with van der Waals surface area (Å²) in [4.78, 5) is 0. The van der Waals surface area contributed by atoms with E-state index in [0.29, 0.717) is 0 Å². The standard InChI is InChI=1S/C18H32O16/c19-1-5-8(22)11(25)13(27)16(31-5)30-3-7-9(23)12(26)14(28)17(32-7)34-18(4-21)15(29)10(24)6(2-20)33-18/h5-17,19-29H,1-4H2/t5?,6-,7?,8-,9-,10?,11-,12-,13?,14?,15?,16+,17-,18-/m0/s1. The molecule has 16 nitrogen and oxygen atoms in total. The summed E-state index contributed by atoms with van der Waals surface area (Å²) in [6, 6.07) is 0. The zero-order chi connectivity index (χ0) is 25.4. The molecule has 0 aromatic rings. The molecule has 3 fully saturated rings. The summed E-state index contributed by atoms with van der Waals surface area (Å²) in [5.41, 5.74) is 0. The topological polar surface area (TPSA) is 269 Å². The molecule has 0 spiro atoms. The summed E-state index contributed by atoms with van der Waals surface area (Å²) in [5, 5.41) is 109. The molecule has 3 heterocycles. The van der Waals surface area contributed by atoms with Crippen molar-refractivity contribution in [1.82, 2.24) is 0 Å². The molecule has 3 aliphatic heterocycles. The Bertz CT molecular complexity index is 653. The van der Waals surface area contributed by atoms with Gasteiger partial charge in [0.2, 0.25) is 5.79 Å². The average molecular weight is 504 g/mol. The molecule has 11 N–H and O–H groups in total. The third-order valence-electron chi connectivity index (χ3n) is 6.16. The minimum Gasteiger partial charge on any atom is -0.394 e. The third kappa shape index (κ3) is 5.09. The summed E-state index contributed by atoms with van der Waals surface area (Å²) >= 11 is 0. The lowest BCUT2D eigenvalue weighted by atomic mass is 9.98. The Morgan fingerprint density at radius 2 is 1.12 bits per heavy atom. The molecule has 3 aliphatic rings. The molecule has 14 atom stereocenters. The van der Waals surface area contributed by atoms with Gasteiger partial charge in [0.25, 0.3) is 0 Å². The second-order valence-electron chi connectivity index (χ2n) is 8.41. The van der Waals surface area contributed by atoms with Gasteiger partial charge >= 0.3 is 0 Å². The van der Waals surface area contributed by atoms with Crippen LogP contribution >= 0.6 is 0 Å². The van der Waals surface area contributed by atoms with Gasteiger partial charge in [-0.25, -0.2) is 0 Å². The monoisotopic (exact) mass is 504 g/mol. The fourth-order valence-electron chi connectivity index (χ4n) is 4.01. The van der Waals surface area contributed by atoms with Gasteiger partial charge in [-0.1, -0.05) is 0 Å². The van der Waals surface area contributed by atoms with E-state index < -0.39 is 112 Å². The van der Waals surface area contributed by atoms with E-state index in [1.807, 2.05) is 0 Å². The van der Waals surface area contributed by atoms with Crippen LogP contribution < -0.4 is 0 Å². The van der Waals surface area contributed by atoms with Gasteiger partial charge in [-0.3, -0.25) is 0 Å². The van der Waals surface area contributed by atoms with Crippen LogP contribution in [0.3, 0.4) is 0 Å². The van der Waals surface area contributed by atoms with Gasteiger partial charge in [-0.15, -0.1) is 0 Å². The van der Waals surface area contributed by atoms with Crippen LogP contribution in [0.1, 0.15) is 0 Å². The van der Waals surface area contributed by atoms with E-state index >= 15 is 0 Å². The largest absolute Gasteiger partial charge is 0.394 e. The molecule has 0 amide bonds.